The van der Waals surface area contributed by atoms with Crippen LogP contribution in [0.2, 0.25) is 0 Å². The molecule has 1 aliphatic carbocycles. The zero-order chi connectivity index (χ0) is 19.5. The van der Waals surface area contributed by atoms with Crippen molar-refractivity contribution in [3.05, 3.63) is 66.0 Å². The molecule has 0 unspecified atom stereocenters. The molecule has 1 saturated heterocycles. The third-order valence-corrected chi connectivity index (χ3v) is 5.75. The lowest BCUT2D eigenvalue weighted by atomic mass is 9.89. The van der Waals surface area contributed by atoms with Crippen molar-refractivity contribution in [2.75, 3.05) is 0 Å². The predicted molar refractivity (Wildman–Crippen MR) is 110 cm³/mol. The van der Waals surface area contributed by atoms with E-state index in [2.05, 4.69) is 65.7 Å². The van der Waals surface area contributed by atoms with Gasteiger partial charge in [0.2, 0.25) is 0 Å². The molecule has 8 nitrogen and oxygen atoms in total. The molecule has 4 N–H and O–H groups in total. The normalized spacial score (nSPS) is 18.3. The zero-order valence-electron chi connectivity index (χ0n) is 16.3. The van der Waals surface area contributed by atoms with Crippen molar-refractivity contribution >= 4 is 0 Å². The molecule has 2 fully saturated rings. The molecule has 2 aliphatic rings. The van der Waals surface area contributed by atoms with Gasteiger partial charge >= 0.3 is 0 Å². The van der Waals surface area contributed by atoms with Crippen molar-refractivity contribution in [1.29, 1.82) is 0 Å². The van der Waals surface area contributed by atoms with E-state index in [-0.39, 0.29) is 6.17 Å². The fourth-order valence-electron chi connectivity index (χ4n) is 4.21. The average Bonchev–Trinajstić information content (AvgIpc) is 3.47. The van der Waals surface area contributed by atoms with Crippen LogP contribution in [0, 0.1) is 0 Å². The molecule has 150 valence electrons. The zero-order valence-corrected chi connectivity index (χ0v) is 16.3. The van der Waals surface area contributed by atoms with E-state index in [1.807, 2.05) is 24.8 Å². The van der Waals surface area contributed by atoms with Gasteiger partial charge in [-0.2, -0.15) is 11.1 Å². The first-order valence-corrected chi connectivity index (χ1v) is 10.3. The molecule has 2 aromatic heterocycles. The van der Waals surface area contributed by atoms with Crippen LogP contribution < -0.4 is 21.9 Å². The predicted octanol–water partition coefficient (Wildman–Crippen LogP) is 2.55. The molecule has 0 atom stereocenters. The van der Waals surface area contributed by atoms with Crippen LogP contribution >= 0.6 is 0 Å². The Labute approximate surface area is 170 Å². The van der Waals surface area contributed by atoms with Crippen LogP contribution in [0.3, 0.4) is 0 Å². The second kappa shape index (κ2) is 8.38. The van der Waals surface area contributed by atoms with Gasteiger partial charge in [-0.25, -0.2) is 25.8 Å². The van der Waals surface area contributed by atoms with Gasteiger partial charge in [0.05, 0.1) is 5.56 Å². The Balaban J connectivity index is 1.34. The Morgan fingerprint density at radius 3 is 2.55 bits per heavy atom. The number of nitrogens with one attached hydrogen (secondary N) is 4. The van der Waals surface area contributed by atoms with Crippen molar-refractivity contribution in [2.45, 2.75) is 50.7 Å². The second-order valence-corrected chi connectivity index (χ2v) is 7.76. The minimum absolute atomic E-state index is 0.0259. The summed E-state index contributed by atoms with van der Waals surface area (Å²) in [5.41, 5.74) is 15.3. The lowest BCUT2D eigenvalue weighted by molar-refractivity contribution is 0.428. The molecular weight excluding hydrogens is 364 g/mol. The number of rotatable bonds is 5. The van der Waals surface area contributed by atoms with E-state index in [1.165, 1.54) is 37.7 Å². The van der Waals surface area contributed by atoms with E-state index < -0.39 is 0 Å². The summed E-state index contributed by atoms with van der Waals surface area (Å²) in [7, 11) is 0. The maximum atomic E-state index is 4.68. The van der Waals surface area contributed by atoms with E-state index in [0.717, 1.165) is 29.3 Å². The van der Waals surface area contributed by atoms with E-state index in [4.69, 9.17) is 0 Å². The van der Waals surface area contributed by atoms with E-state index in [1.54, 1.807) is 0 Å². The second-order valence-electron chi connectivity index (χ2n) is 7.76. The van der Waals surface area contributed by atoms with Gasteiger partial charge in [-0.15, -0.1) is 0 Å². The largest absolute Gasteiger partial charge is 0.326 e. The quantitative estimate of drug-likeness (QED) is 0.532. The summed E-state index contributed by atoms with van der Waals surface area (Å²) in [6, 6.07) is 8.48. The van der Waals surface area contributed by atoms with Gasteiger partial charge in [-0.1, -0.05) is 43.5 Å². The standard InChI is InChI=1S/C21H26N8/c1-2-6-16(7-3-1)19-23-12-18(13-24-19)21-22-9-10-29(21)14-15-5-4-8-17(11-15)20-25-27-28-26-20/h4-5,8-13,16,20,25-28H,1-3,6-7,14H2. The Morgan fingerprint density at radius 2 is 1.76 bits per heavy atom. The number of benzene rings is 1. The highest BCUT2D eigenvalue weighted by atomic mass is 15.8. The summed E-state index contributed by atoms with van der Waals surface area (Å²) >= 11 is 0. The number of nitrogens with zero attached hydrogens (tertiary/aromatic N) is 4. The number of hydrogen-bond donors (Lipinski definition) is 4. The average molecular weight is 390 g/mol. The first-order valence-electron chi connectivity index (χ1n) is 10.3. The van der Waals surface area contributed by atoms with Gasteiger partial charge in [-0.3, -0.25) is 0 Å². The number of imidazole rings is 1. The third kappa shape index (κ3) is 4.06. The molecule has 1 aliphatic heterocycles. The molecule has 29 heavy (non-hydrogen) atoms. The Hall–Kier alpha value is -2.65. The van der Waals surface area contributed by atoms with Crippen LogP contribution in [0.15, 0.2) is 49.1 Å². The Morgan fingerprint density at radius 1 is 0.966 bits per heavy atom. The minimum atomic E-state index is 0.0259. The third-order valence-electron chi connectivity index (χ3n) is 5.75. The highest BCUT2D eigenvalue weighted by Crippen LogP contribution is 2.30. The Kier molecular flexibility index (Phi) is 5.31. The molecule has 1 aromatic carbocycles. The van der Waals surface area contributed by atoms with Gasteiger partial charge in [-0.05, 0) is 24.0 Å². The minimum Gasteiger partial charge on any atom is -0.326 e. The van der Waals surface area contributed by atoms with E-state index in [9.17, 15) is 0 Å². The van der Waals surface area contributed by atoms with Crippen molar-refractivity contribution in [3.8, 4) is 11.4 Å². The highest BCUT2D eigenvalue weighted by Gasteiger charge is 2.19. The lowest BCUT2D eigenvalue weighted by Crippen LogP contribution is -2.33. The fraction of sp³-hybridized carbons (Fsp3) is 0.381. The summed E-state index contributed by atoms with van der Waals surface area (Å²) < 4.78 is 2.14. The molecule has 3 heterocycles. The summed E-state index contributed by atoms with van der Waals surface area (Å²) in [5.74, 6) is 2.39. The van der Waals surface area contributed by atoms with Gasteiger partial charge < -0.3 is 4.57 Å². The van der Waals surface area contributed by atoms with Crippen LogP contribution in [-0.4, -0.2) is 19.5 Å². The van der Waals surface area contributed by atoms with Crippen LogP contribution in [-0.2, 0) is 6.54 Å². The molecule has 0 radical (unpaired) electrons. The number of aromatic nitrogens is 4. The molecular formula is C21H26N8. The van der Waals surface area contributed by atoms with Crippen molar-refractivity contribution < 1.29 is 0 Å². The van der Waals surface area contributed by atoms with Crippen LogP contribution in [0.1, 0.15) is 61.1 Å². The monoisotopic (exact) mass is 390 g/mol. The maximum absolute atomic E-state index is 4.68. The van der Waals surface area contributed by atoms with Gasteiger partial charge in [0.1, 0.15) is 17.8 Å². The first kappa shape index (κ1) is 18.4. The molecule has 3 aromatic rings. The lowest BCUT2D eigenvalue weighted by Gasteiger charge is -2.20. The van der Waals surface area contributed by atoms with Crippen LogP contribution in [0.5, 0.6) is 0 Å². The molecule has 5 rings (SSSR count). The summed E-state index contributed by atoms with van der Waals surface area (Å²) in [4.78, 5) is 13.9. The smallest absolute Gasteiger partial charge is 0.143 e. The molecule has 1 saturated carbocycles. The molecule has 0 bridgehead atoms. The van der Waals surface area contributed by atoms with Crippen molar-refractivity contribution in [2.24, 2.45) is 0 Å². The number of hydrogen-bond acceptors (Lipinski definition) is 7. The van der Waals surface area contributed by atoms with E-state index in [0.29, 0.717) is 5.92 Å². The van der Waals surface area contributed by atoms with Crippen LogP contribution in [0.25, 0.3) is 11.4 Å². The van der Waals surface area contributed by atoms with Crippen molar-refractivity contribution in [3.63, 3.8) is 0 Å². The molecule has 0 amide bonds. The highest BCUT2D eigenvalue weighted by molar-refractivity contribution is 5.52. The molecule has 0 spiro atoms. The first-order chi connectivity index (χ1) is 14.4. The van der Waals surface area contributed by atoms with Gasteiger partial charge in [0.15, 0.2) is 0 Å². The topological polar surface area (TPSA) is 91.7 Å². The summed E-state index contributed by atoms with van der Waals surface area (Å²) in [6.07, 6.45) is 14.1. The summed E-state index contributed by atoms with van der Waals surface area (Å²) in [6.45, 7) is 0.737. The summed E-state index contributed by atoms with van der Waals surface area (Å²) in [5, 5.41) is 0. The number of hydrazine groups is 3. The van der Waals surface area contributed by atoms with Gasteiger partial charge in [0, 0.05) is 37.3 Å². The SMILES string of the molecule is c1cc(Cn2ccnc2-c2cnc(C3CCCCC3)nc2)cc(C2NNNN2)c1. The van der Waals surface area contributed by atoms with Crippen LogP contribution in [0.4, 0.5) is 0 Å². The van der Waals surface area contributed by atoms with Gasteiger partial charge in [0.25, 0.3) is 0 Å². The maximum Gasteiger partial charge on any atom is 0.143 e. The molecule has 8 heteroatoms. The van der Waals surface area contributed by atoms with E-state index >= 15 is 0 Å². The van der Waals surface area contributed by atoms with Crippen molar-refractivity contribution in [1.82, 2.24) is 41.4 Å². The Bertz CT molecular complexity index is 939. The fourth-order valence-corrected chi connectivity index (χ4v) is 4.21.